The molecule has 0 spiro atoms. The quantitative estimate of drug-likeness (QED) is 0.827. The second-order valence-electron chi connectivity index (χ2n) is 7.12. The second-order valence-corrected chi connectivity index (χ2v) is 7.12. The molecule has 1 aromatic heterocycles. The molecule has 26 heavy (non-hydrogen) atoms. The van der Waals surface area contributed by atoms with E-state index in [0.717, 1.165) is 42.8 Å². The third-order valence-corrected chi connectivity index (χ3v) is 5.56. The van der Waals surface area contributed by atoms with Gasteiger partial charge in [0, 0.05) is 12.2 Å². The molecule has 0 bridgehead atoms. The number of fused-ring (bicyclic) bond motifs is 1. The van der Waals surface area contributed by atoms with E-state index in [9.17, 15) is 4.79 Å². The van der Waals surface area contributed by atoms with Crippen LogP contribution in [0.3, 0.4) is 0 Å². The summed E-state index contributed by atoms with van der Waals surface area (Å²) in [5.41, 5.74) is 4.69. The SMILES string of the molecule is COc1cccc([C@H]2CCN2C(=O)NCc2n[nH]c3c2CCCCC3)c1. The number of H-pyrrole nitrogens is 1. The predicted molar refractivity (Wildman–Crippen MR) is 99.1 cm³/mol. The number of methoxy groups -OCH3 is 1. The number of carbonyl (C=O) groups excluding carboxylic acids is 1. The monoisotopic (exact) mass is 354 g/mol. The molecule has 1 aliphatic heterocycles. The van der Waals surface area contributed by atoms with Crippen molar-refractivity contribution in [3.63, 3.8) is 0 Å². The first kappa shape index (κ1) is 16.9. The summed E-state index contributed by atoms with van der Waals surface area (Å²) in [7, 11) is 1.66. The van der Waals surface area contributed by atoms with Crippen molar-refractivity contribution in [3.8, 4) is 5.75 Å². The molecule has 1 atom stereocenters. The first-order valence-electron chi connectivity index (χ1n) is 9.49. The van der Waals surface area contributed by atoms with Gasteiger partial charge >= 0.3 is 6.03 Å². The summed E-state index contributed by atoms with van der Waals surface area (Å²) in [4.78, 5) is 14.5. The number of nitrogens with zero attached hydrogens (tertiary/aromatic N) is 2. The lowest BCUT2D eigenvalue weighted by atomic mass is 9.95. The average molecular weight is 354 g/mol. The fourth-order valence-corrected chi connectivity index (χ4v) is 3.96. The smallest absolute Gasteiger partial charge is 0.318 e. The Morgan fingerprint density at radius 1 is 1.35 bits per heavy atom. The van der Waals surface area contributed by atoms with E-state index in [0.29, 0.717) is 6.54 Å². The molecule has 2 aliphatic rings. The van der Waals surface area contributed by atoms with Gasteiger partial charge in [-0.3, -0.25) is 5.10 Å². The summed E-state index contributed by atoms with van der Waals surface area (Å²) in [6, 6.07) is 8.07. The van der Waals surface area contributed by atoms with Crippen molar-refractivity contribution >= 4 is 6.03 Å². The largest absolute Gasteiger partial charge is 0.497 e. The number of benzene rings is 1. The zero-order chi connectivity index (χ0) is 17.9. The van der Waals surface area contributed by atoms with Crippen LogP contribution in [0.1, 0.15) is 54.2 Å². The molecule has 6 nitrogen and oxygen atoms in total. The van der Waals surface area contributed by atoms with Gasteiger partial charge in [0.05, 0.1) is 25.4 Å². The first-order valence-corrected chi connectivity index (χ1v) is 9.49. The van der Waals surface area contributed by atoms with Gasteiger partial charge < -0.3 is 15.0 Å². The number of rotatable bonds is 4. The van der Waals surface area contributed by atoms with Crippen molar-refractivity contribution in [2.75, 3.05) is 13.7 Å². The summed E-state index contributed by atoms with van der Waals surface area (Å²) < 4.78 is 5.30. The molecule has 1 saturated heterocycles. The highest BCUT2D eigenvalue weighted by atomic mass is 16.5. The second kappa shape index (κ2) is 7.40. The molecule has 0 unspecified atom stereocenters. The van der Waals surface area contributed by atoms with Crippen LogP contribution in [0.2, 0.25) is 0 Å². The highest BCUT2D eigenvalue weighted by molar-refractivity contribution is 5.75. The van der Waals surface area contributed by atoms with Gasteiger partial charge in [-0.05, 0) is 55.4 Å². The zero-order valence-corrected chi connectivity index (χ0v) is 15.3. The molecule has 1 aromatic carbocycles. The Morgan fingerprint density at radius 3 is 3.04 bits per heavy atom. The maximum absolute atomic E-state index is 12.6. The molecule has 2 amide bonds. The van der Waals surface area contributed by atoms with Crippen molar-refractivity contribution in [1.29, 1.82) is 0 Å². The van der Waals surface area contributed by atoms with Crippen LogP contribution in [-0.4, -0.2) is 34.8 Å². The highest BCUT2D eigenvalue weighted by Crippen LogP contribution is 2.34. The van der Waals surface area contributed by atoms with Gasteiger partial charge in [0.1, 0.15) is 5.75 Å². The number of nitrogens with one attached hydrogen (secondary N) is 2. The number of aromatic nitrogens is 2. The van der Waals surface area contributed by atoms with Gasteiger partial charge in [-0.25, -0.2) is 4.79 Å². The van der Waals surface area contributed by atoms with Gasteiger partial charge in [0.15, 0.2) is 0 Å². The fraction of sp³-hybridized carbons (Fsp3) is 0.500. The van der Waals surface area contributed by atoms with Gasteiger partial charge in [0.25, 0.3) is 0 Å². The van der Waals surface area contributed by atoms with Gasteiger partial charge in [0.2, 0.25) is 0 Å². The Balaban J connectivity index is 1.39. The summed E-state index contributed by atoms with van der Waals surface area (Å²) in [6.45, 7) is 1.28. The highest BCUT2D eigenvalue weighted by Gasteiger charge is 2.33. The summed E-state index contributed by atoms with van der Waals surface area (Å²) in [5.74, 6) is 0.828. The molecule has 2 N–H and O–H groups in total. The maximum atomic E-state index is 12.6. The van der Waals surface area contributed by atoms with Crippen molar-refractivity contribution in [2.24, 2.45) is 0 Å². The number of ether oxygens (including phenoxy) is 1. The molecule has 1 aliphatic carbocycles. The van der Waals surface area contributed by atoms with Crippen molar-refractivity contribution in [2.45, 2.75) is 51.1 Å². The first-order chi connectivity index (χ1) is 12.8. The zero-order valence-electron chi connectivity index (χ0n) is 15.3. The molecule has 2 aromatic rings. The van der Waals surface area contributed by atoms with Crippen LogP contribution in [-0.2, 0) is 19.4 Å². The topological polar surface area (TPSA) is 70.2 Å². The lowest BCUT2D eigenvalue weighted by molar-refractivity contribution is 0.115. The van der Waals surface area contributed by atoms with E-state index in [1.807, 2.05) is 23.1 Å². The lowest BCUT2D eigenvalue weighted by Gasteiger charge is -2.41. The third kappa shape index (κ3) is 3.28. The Kier molecular flexibility index (Phi) is 4.82. The molecule has 0 saturated carbocycles. The summed E-state index contributed by atoms with van der Waals surface area (Å²) >= 11 is 0. The predicted octanol–water partition coefficient (Wildman–Crippen LogP) is 3.34. The summed E-state index contributed by atoms with van der Waals surface area (Å²) in [6.07, 6.45) is 6.81. The number of aromatic amines is 1. The Hall–Kier alpha value is -2.50. The molecule has 2 heterocycles. The number of aryl methyl sites for hydroxylation is 1. The van der Waals surface area contributed by atoms with Crippen LogP contribution in [0.4, 0.5) is 4.79 Å². The van der Waals surface area contributed by atoms with Crippen LogP contribution in [0.15, 0.2) is 24.3 Å². The number of carbonyl (C=O) groups is 1. The van der Waals surface area contributed by atoms with Gasteiger partial charge in [-0.15, -0.1) is 0 Å². The van der Waals surface area contributed by atoms with Crippen LogP contribution in [0, 0.1) is 0 Å². The molecule has 0 radical (unpaired) electrons. The minimum atomic E-state index is -0.0190. The maximum Gasteiger partial charge on any atom is 0.318 e. The molecular formula is C20H26N4O2. The number of likely N-dealkylation sites (tertiary alicyclic amines) is 1. The minimum Gasteiger partial charge on any atom is -0.497 e. The van der Waals surface area contributed by atoms with Crippen LogP contribution < -0.4 is 10.1 Å². The minimum absolute atomic E-state index is 0.0190. The number of hydrogen-bond donors (Lipinski definition) is 2. The standard InChI is InChI=1S/C20H26N4O2/c1-26-15-7-5-6-14(12-15)19-10-11-24(19)20(25)21-13-18-16-8-3-2-4-9-17(16)22-23-18/h5-7,12,19H,2-4,8-11,13H2,1H3,(H,21,25)(H,22,23)/t19-/m1/s1. The van der Waals surface area contributed by atoms with E-state index >= 15 is 0 Å². The lowest BCUT2D eigenvalue weighted by Crippen LogP contribution is -2.49. The Morgan fingerprint density at radius 2 is 2.23 bits per heavy atom. The Labute approximate surface area is 153 Å². The molecule has 6 heteroatoms. The molecule has 1 fully saturated rings. The van der Waals surface area contributed by atoms with E-state index in [2.05, 4.69) is 21.6 Å². The van der Waals surface area contributed by atoms with E-state index in [1.54, 1.807) is 7.11 Å². The molecule has 138 valence electrons. The molecule has 4 rings (SSSR count). The number of hydrogen-bond acceptors (Lipinski definition) is 3. The van der Waals surface area contributed by atoms with Gasteiger partial charge in [-0.2, -0.15) is 5.10 Å². The Bertz CT molecular complexity index is 786. The van der Waals surface area contributed by atoms with E-state index in [4.69, 9.17) is 4.74 Å². The third-order valence-electron chi connectivity index (χ3n) is 5.56. The van der Waals surface area contributed by atoms with Crippen molar-refractivity contribution < 1.29 is 9.53 Å². The van der Waals surface area contributed by atoms with E-state index in [-0.39, 0.29) is 12.1 Å². The van der Waals surface area contributed by atoms with Gasteiger partial charge in [-0.1, -0.05) is 18.6 Å². The van der Waals surface area contributed by atoms with E-state index < -0.39 is 0 Å². The van der Waals surface area contributed by atoms with Crippen LogP contribution >= 0.6 is 0 Å². The van der Waals surface area contributed by atoms with Crippen LogP contribution in [0.5, 0.6) is 5.75 Å². The van der Waals surface area contributed by atoms with E-state index in [1.165, 1.54) is 30.5 Å². The van der Waals surface area contributed by atoms with Crippen molar-refractivity contribution in [1.82, 2.24) is 20.4 Å². The normalized spacial score (nSPS) is 19.3. The fourth-order valence-electron chi connectivity index (χ4n) is 3.96. The number of amides is 2. The van der Waals surface area contributed by atoms with Crippen LogP contribution in [0.25, 0.3) is 0 Å². The average Bonchev–Trinajstić information content (AvgIpc) is 2.85. The molecular weight excluding hydrogens is 328 g/mol. The number of urea groups is 1. The van der Waals surface area contributed by atoms with Crippen molar-refractivity contribution in [3.05, 3.63) is 46.8 Å². The summed E-state index contributed by atoms with van der Waals surface area (Å²) in [5, 5.41) is 10.7.